The van der Waals surface area contributed by atoms with Crippen LogP contribution in [0.15, 0.2) is 35.3 Å². The van der Waals surface area contributed by atoms with E-state index in [4.69, 9.17) is 16.6 Å². The van der Waals surface area contributed by atoms with Crippen LogP contribution in [0.1, 0.15) is 29.6 Å². The summed E-state index contributed by atoms with van der Waals surface area (Å²) in [4.78, 5) is 50.5. The van der Waals surface area contributed by atoms with Gasteiger partial charge in [0.25, 0.3) is 0 Å². The van der Waals surface area contributed by atoms with Crippen molar-refractivity contribution in [2.75, 3.05) is 18.8 Å². The number of aliphatic imine (C=N–C) groups is 1. The molecule has 0 unspecified atom stereocenters. The van der Waals surface area contributed by atoms with E-state index in [2.05, 4.69) is 15.6 Å². The zero-order chi connectivity index (χ0) is 21.6. The van der Waals surface area contributed by atoms with Gasteiger partial charge < -0.3 is 27.2 Å². The third-order valence-electron chi connectivity index (χ3n) is 3.60. The molecule has 1 aromatic rings. The van der Waals surface area contributed by atoms with Crippen molar-refractivity contribution in [2.24, 2.45) is 16.5 Å². The number of carboxylic acid groups (broad SMARTS) is 1. The Hall–Kier alpha value is -3.08. The minimum atomic E-state index is -1.19. The van der Waals surface area contributed by atoms with Crippen LogP contribution in [0.25, 0.3) is 0 Å². The number of carbonyl (C=O) groups is 4. The molecule has 0 aliphatic heterocycles. The highest BCUT2D eigenvalue weighted by Crippen LogP contribution is 2.12. The van der Waals surface area contributed by atoms with Crippen molar-refractivity contribution in [1.82, 2.24) is 10.6 Å². The molecule has 11 heteroatoms. The Labute approximate surface area is 172 Å². The molecule has 0 saturated heterocycles. The third kappa shape index (κ3) is 10.7. The van der Waals surface area contributed by atoms with Crippen molar-refractivity contribution in [2.45, 2.75) is 25.3 Å². The minimum absolute atomic E-state index is 0.0530. The maximum atomic E-state index is 11.9. The standard InChI is InChI=1S/C18H25N5O5S/c19-18(20)21-9-4-7-13(16(26)27)23-15(25)11-22-14(24)8-10-29-17(28)12-5-2-1-3-6-12/h1-3,5-6,13H,4,7-11H2,(H,22,24)(H,23,25)(H,26,27)(H4,19,20,21)/t13-/m0/s1. The Kier molecular flexibility index (Phi) is 10.9. The molecule has 2 amide bonds. The predicted octanol–water partition coefficient (Wildman–Crippen LogP) is -0.311. The van der Waals surface area contributed by atoms with E-state index in [0.717, 1.165) is 11.8 Å². The molecule has 0 radical (unpaired) electrons. The quantitative estimate of drug-likeness (QED) is 0.173. The number of nitrogens with zero attached hydrogens (tertiary/aromatic N) is 1. The molecule has 0 aromatic heterocycles. The molecule has 0 aliphatic rings. The van der Waals surface area contributed by atoms with Crippen molar-refractivity contribution in [3.05, 3.63) is 35.9 Å². The fourth-order valence-corrected chi connectivity index (χ4v) is 2.94. The molecule has 0 bridgehead atoms. The molecule has 0 spiro atoms. The van der Waals surface area contributed by atoms with E-state index >= 15 is 0 Å². The first-order valence-corrected chi connectivity index (χ1v) is 9.84. The molecule has 0 saturated carbocycles. The first-order valence-electron chi connectivity index (χ1n) is 8.86. The summed E-state index contributed by atoms with van der Waals surface area (Å²) in [7, 11) is 0. The Bertz CT molecular complexity index is 737. The summed E-state index contributed by atoms with van der Waals surface area (Å²) in [6, 6.07) is 7.59. The monoisotopic (exact) mass is 423 g/mol. The molecule has 29 heavy (non-hydrogen) atoms. The molecule has 1 aromatic carbocycles. The average molecular weight is 423 g/mol. The van der Waals surface area contributed by atoms with Crippen molar-refractivity contribution in [3.8, 4) is 0 Å². The number of hydrogen-bond donors (Lipinski definition) is 5. The lowest BCUT2D eigenvalue weighted by molar-refractivity contribution is -0.141. The van der Waals surface area contributed by atoms with Crippen LogP contribution < -0.4 is 22.1 Å². The molecule has 0 heterocycles. The number of nitrogens with one attached hydrogen (secondary N) is 2. The van der Waals surface area contributed by atoms with E-state index in [-0.39, 0.29) is 42.8 Å². The van der Waals surface area contributed by atoms with E-state index in [9.17, 15) is 19.2 Å². The van der Waals surface area contributed by atoms with Gasteiger partial charge in [-0.1, -0.05) is 42.1 Å². The molecule has 1 rings (SSSR count). The van der Waals surface area contributed by atoms with Gasteiger partial charge in [0.1, 0.15) is 6.04 Å². The highest BCUT2D eigenvalue weighted by atomic mass is 32.2. The van der Waals surface area contributed by atoms with Crippen LogP contribution in [0.2, 0.25) is 0 Å². The maximum absolute atomic E-state index is 11.9. The van der Waals surface area contributed by atoms with Gasteiger partial charge in [-0.25, -0.2) is 4.79 Å². The second-order valence-corrected chi connectivity index (χ2v) is 7.00. The number of hydrogen-bond acceptors (Lipinski definition) is 6. The van der Waals surface area contributed by atoms with Gasteiger partial charge in [0, 0.05) is 24.3 Å². The van der Waals surface area contributed by atoms with E-state index in [1.807, 2.05) is 0 Å². The van der Waals surface area contributed by atoms with Gasteiger partial charge in [0.05, 0.1) is 6.54 Å². The van der Waals surface area contributed by atoms with Crippen molar-refractivity contribution in [1.29, 1.82) is 0 Å². The highest BCUT2D eigenvalue weighted by Gasteiger charge is 2.19. The summed E-state index contributed by atoms with van der Waals surface area (Å²) >= 11 is 1.01. The lowest BCUT2D eigenvalue weighted by atomic mass is 10.1. The van der Waals surface area contributed by atoms with E-state index in [1.165, 1.54) is 0 Å². The average Bonchev–Trinajstić information content (AvgIpc) is 2.68. The lowest BCUT2D eigenvalue weighted by Crippen LogP contribution is -2.45. The summed E-state index contributed by atoms with van der Waals surface area (Å²) in [5.74, 6) is -2.05. The smallest absolute Gasteiger partial charge is 0.326 e. The summed E-state index contributed by atoms with van der Waals surface area (Å²) in [6.07, 6.45) is 0.565. The molecule has 1 atom stereocenters. The number of benzene rings is 1. The van der Waals surface area contributed by atoms with Crippen LogP contribution >= 0.6 is 11.8 Å². The Balaban J connectivity index is 2.27. The number of amides is 2. The molecule has 0 aliphatic carbocycles. The summed E-state index contributed by atoms with van der Waals surface area (Å²) < 4.78 is 0. The summed E-state index contributed by atoms with van der Waals surface area (Å²) in [5, 5.41) is 13.7. The summed E-state index contributed by atoms with van der Waals surface area (Å²) in [6.45, 7) is -0.105. The van der Waals surface area contributed by atoms with Gasteiger partial charge in [0.2, 0.25) is 16.9 Å². The van der Waals surface area contributed by atoms with Gasteiger partial charge in [-0.2, -0.15) is 0 Å². The van der Waals surface area contributed by atoms with Crippen LogP contribution in [0.5, 0.6) is 0 Å². The number of guanidine groups is 1. The maximum Gasteiger partial charge on any atom is 0.326 e. The second kappa shape index (κ2) is 13.2. The number of carbonyl (C=O) groups excluding carboxylic acids is 3. The largest absolute Gasteiger partial charge is 0.480 e. The Morgan fingerprint density at radius 1 is 1.10 bits per heavy atom. The van der Waals surface area contributed by atoms with Crippen LogP contribution in [0, 0.1) is 0 Å². The van der Waals surface area contributed by atoms with Crippen LogP contribution in [0.4, 0.5) is 0 Å². The Morgan fingerprint density at radius 2 is 1.79 bits per heavy atom. The van der Waals surface area contributed by atoms with Gasteiger partial charge in [-0.05, 0) is 12.8 Å². The number of carboxylic acids is 1. The Morgan fingerprint density at radius 3 is 2.41 bits per heavy atom. The van der Waals surface area contributed by atoms with Crippen LogP contribution in [-0.2, 0) is 14.4 Å². The molecular weight excluding hydrogens is 398 g/mol. The van der Waals surface area contributed by atoms with Crippen molar-refractivity contribution >= 4 is 40.6 Å². The zero-order valence-corrected chi connectivity index (χ0v) is 16.6. The first kappa shape index (κ1) is 24.0. The minimum Gasteiger partial charge on any atom is -0.480 e. The van der Waals surface area contributed by atoms with Gasteiger partial charge in [0.15, 0.2) is 5.96 Å². The highest BCUT2D eigenvalue weighted by molar-refractivity contribution is 8.14. The number of aliphatic carboxylic acids is 1. The van der Waals surface area contributed by atoms with Crippen molar-refractivity contribution in [3.63, 3.8) is 0 Å². The number of rotatable bonds is 12. The van der Waals surface area contributed by atoms with Gasteiger partial charge in [-0.3, -0.25) is 19.4 Å². The van der Waals surface area contributed by atoms with Gasteiger partial charge in [-0.15, -0.1) is 0 Å². The molecule has 0 fully saturated rings. The van der Waals surface area contributed by atoms with E-state index in [1.54, 1.807) is 30.3 Å². The molecular formula is C18H25N5O5S. The first-order chi connectivity index (χ1) is 13.8. The molecule has 7 N–H and O–H groups in total. The topological polar surface area (TPSA) is 177 Å². The fourth-order valence-electron chi connectivity index (χ4n) is 2.17. The van der Waals surface area contributed by atoms with Crippen molar-refractivity contribution < 1.29 is 24.3 Å². The normalized spacial score (nSPS) is 11.2. The van der Waals surface area contributed by atoms with E-state index < -0.39 is 23.8 Å². The van der Waals surface area contributed by atoms with E-state index in [0.29, 0.717) is 12.0 Å². The molecule has 10 nitrogen and oxygen atoms in total. The fraction of sp³-hybridized carbons (Fsp3) is 0.389. The van der Waals surface area contributed by atoms with Gasteiger partial charge >= 0.3 is 5.97 Å². The third-order valence-corrected chi connectivity index (χ3v) is 4.50. The SMILES string of the molecule is NC(N)=NCCC[C@H](NC(=O)CNC(=O)CCSC(=O)c1ccccc1)C(=O)O. The summed E-state index contributed by atoms with van der Waals surface area (Å²) in [5.41, 5.74) is 10.9. The number of nitrogens with two attached hydrogens (primary N) is 2. The second-order valence-electron chi connectivity index (χ2n) is 5.94. The zero-order valence-electron chi connectivity index (χ0n) is 15.8. The lowest BCUT2D eigenvalue weighted by Gasteiger charge is -2.14. The van der Waals surface area contributed by atoms with Crippen LogP contribution in [0.3, 0.4) is 0 Å². The molecule has 158 valence electrons. The number of thioether (sulfide) groups is 1. The predicted molar refractivity (Wildman–Crippen MR) is 110 cm³/mol. The van der Waals surface area contributed by atoms with Crippen LogP contribution in [-0.4, -0.2) is 58.8 Å².